The molecule has 2 aromatic rings. The number of carbonyl (C=O) groups excluding carboxylic acids is 2. The highest BCUT2D eigenvalue weighted by Crippen LogP contribution is 2.16. The summed E-state index contributed by atoms with van der Waals surface area (Å²) in [6, 6.07) is 14.0. The molecule has 0 aliphatic carbocycles. The predicted octanol–water partition coefficient (Wildman–Crippen LogP) is 4.11. The Labute approximate surface area is 166 Å². The maximum atomic E-state index is 12.3. The van der Waals surface area contributed by atoms with E-state index in [9.17, 15) is 9.59 Å². The molecule has 136 valence electrons. The number of anilines is 1. The van der Waals surface area contributed by atoms with E-state index >= 15 is 0 Å². The summed E-state index contributed by atoms with van der Waals surface area (Å²) in [6.45, 7) is 2.72. The Morgan fingerprint density at radius 3 is 2.58 bits per heavy atom. The van der Waals surface area contributed by atoms with Crippen LogP contribution in [0.4, 0.5) is 5.69 Å². The minimum atomic E-state index is -0.316. The van der Waals surface area contributed by atoms with E-state index in [-0.39, 0.29) is 16.9 Å². The van der Waals surface area contributed by atoms with Gasteiger partial charge in [-0.2, -0.15) is 0 Å². The van der Waals surface area contributed by atoms with Crippen LogP contribution in [0.15, 0.2) is 53.0 Å². The van der Waals surface area contributed by atoms with Crippen molar-refractivity contribution in [3.63, 3.8) is 0 Å². The average Bonchev–Trinajstić information content (AvgIpc) is 2.62. The fourth-order valence-electron chi connectivity index (χ4n) is 2.20. The fraction of sp³-hybridized carbons (Fsp3) is 0.211. The normalized spacial score (nSPS) is 10.1. The highest BCUT2D eigenvalue weighted by Gasteiger charge is 2.11. The molecule has 3 N–H and O–H groups in total. The van der Waals surface area contributed by atoms with Gasteiger partial charge in [-0.3, -0.25) is 14.9 Å². The highest BCUT2D eigenvalue weighted by atomic mass is 79.9. The maximum absolute atomic E-state index is 12.3. The van der Waals surface area contributed by atoms with Crippen molar-refractivity contribution in [3.8, 4) is 0 Å². The lowest BCUT2D eigenvalue weighted by Gasteiger charge is -2.11. The molecule has 0 aromatic heterocycles. The first-order chi connectivity index (χ1) is 12.5. The second-order valence-corrected chi connectivity index (χ2v) is 6.84. The minimum absolute atomic E-state index is 0.134. The van der Waals surface area contributed by atoms with E-state index in [2.05, 4.69) is 38.8 Å². The van der Waals surface area contributed by atoms with E-state index in [1.54, 1.807) is 42.5 Å². The van der Waals surface area contributed by atoms with E-state index in [1.165, 1.54) is 0 Å². The second kappa shape index (κ2) is 10.0. The fourth-order valence-corrected chi connectivity index (χ4v) is 2.87. The van der Waals surface area contributed by atoms with E-state index < -0.39 is 0 Å². The third-order valence-electron chi connectivity index (χ3n) is 3.54. The van der Waals surface area contributed by atoms with E-state index in [1.807, 2.05) is 6.07 Å². The first-order valence-electron chi connectivity index (χ1n) is 8.26. The van der Waals surface area contributed by atoms with Crippen LogP contribution in [0.2, 0.25) is 0 Å². The Hall–Kier alpha value is -2.25. The van der Waals surface area contributed by atoms with Gasteiger partial charge in [0, 0.05) is 22.3 Å². The molecule has 0 aliphatic rings. The quantitative estimate of drug-likeness (QED) is 0.473. The predicted molar refractivity (Wildman–Crippen MR) is 112 cm³/mol. The summed E-state index contributed by atoms with van der Waals surface area (Å²) in [6.07, 6.45) is 1.96. The van der Waals surface area contributed by atoms with Crippen LogP contribution >= 0.6 is 28.1 Å². The summed E-state index contributed by atoms with van der Waals surface area (Å²) in [4.78, 5) is 24.4. The molecule has 2 rings (SSSR count). The van der Waals surface area contributed by atoms with Gasteiger partial charge in [0.1, 0.15) is 0 Å². The molecule has 26 heavy (non-hydrogen) atoms. The molecule has 0 saturated carbocycles. The van der Waals surface area contributed by atoms with Crippen LogP contribution in [0.25, 0.3) is 0 Å². The molecule has 7 heteroatoms. The van der Waals surface area contributed by atoms with E-state index in [4.69, 9.17) is 12.2 Å². The Kier molecular flexibility index (Phi) is 7.74. The van der Waals surface area contributed by atoms with Gasteiger partial charge in [-0.15, -0.1) is 0 Å². The lowest BCUT2D eigenvalue weighted by Crippen LogP contribution is -2.34. The number of hydrogen-bond donors (Lipinski definition) is 3. The number of amides is 2. The standard InChI is InChI=1S/C19H20BrN3O2S/c1-2-3-11-21-17(24)13-7-6-8-14(12-13)22-19(26)23-18(25)15-9-4-5-10-16(15)20/h4-10,12H,2-3,11H2,1H3,(H,21,24)(H2,22,23,25,26). The summed E-state index contributed by atoms with van der Waals surface area (Å²) in [5, 5.41) is 8.58. The largest absolute Gasteiger partial charge is 0.352 e. The van der Waals surface area contributed by atoms with Crippen LogP contribution < -0.4 is 16.0 Å². The summed E-state index contributed by atoms with van der Waals surface area (Å²) in [7, 11) is 0. The molecule has 2 amide bonds. The zero-order valence-electron chi connectivity index (χ0n) is 14.3. The molecular weight excluding hydrogens is 414 g/mol. The number of nitrogens with one attached hydrogen (secondary N) is 3. The van der Waals surface area contributed by atoms with Crippen LogP contribution in [0.1, 0.15) is 40.5 Å². The average molecular weight is 434 g/mol. The zero-order chi connectivity index (χ0) is 18.9. The summed E-state index contributed by atoms with van der Waals surface area (Å²) < 4.78 is 0.686. The maximum Gasteiger partial charge on any atom is 0.258 e. The van der Waals surface area contributed by atoms with Gasteiger partial charge in [-0.1, -0.05) is 31.5 Å². The topological polar surface area (TPSA) is 70.2 Å². The molecule has 2 aromatic carbocycles. The minimum Gasteiger partial charge on any atom is -0.352 e. The summed E-state index contributed by atoms with van der Waals surface area (Å²) in [5.74, 6) is -0.450. The summed E-state index contributed by atoms with van der Waals surface area (Å²) >= 11 is 8.53. The third kappa shape index (κ3) is 5.93. The van der Waals surface area contributed by atoms with Crippen LogP contribution in [-0.4, -0.2) is 23.5 Å². The Balaban J connectivity index is 1.96. The number of carbonyl (C=O) groups is 2. The van der Waals surface area contributed by atoms with Crippen molar-refractivity contribution < 1.29 is 9.59 Å². The van der Waals surface area contributed by atoms with Crippen molar-refractivity contribution in [1.29, 1.82) is 0 Å². The SMILES string of the molecule is CCCCNC(=O)c1cccc(NC(=S)NC(=O)c2ccccc2Br)c1. The first kappa shape index (κ1) is 20.1. The van der Waals surface area contributed by atoms with Crippen molar-refractivity contribution in [2.75, 3.05) is 11.9 Å². The van der Waals surface area contributed by atoms with Crippen molar-refractivity contribution >= 4 is 50.8 Å². The second-order valence-electron chi connectivity index (χ2n) is 5.58. The van der Waals surface area contributed by atoms with Crippen molar-refractivity contribution in [2.45, 2.75) is 19.8 Å². The van der Waals surface area contributed by atoms with Crippen LogP contribution in [0, 0.1) is 0 Å². The van der Waals surface area contributed by atoms with Crippen LogP contribution in [0.5, 0.6) is 0 Å². The molecule has 0 radical (unpaired) electrons. The molecule has 0 saturated heterocycles. The number of halogens is 1. The summed E-state index contributed by atoms with van der Waals surface area (Å²) in [5.41, 5.74) is 1.65. The van der Waals surface area contributed by atoms with Gasteiger partial charge in [-0.25, -0.2) is 0 Å². The van der Waals surface area contributed by atoms with E-state index in [0.29, 0.717) is 27.8 Å². The first-order valence-corrected chi connectivity index (χ1v) is 9.46. The molecule has 0 heterocycles. The molecule has 0 unspecified atom stereocenters. The Bertz CT molecular complexity index is 811. The van der Waals surface area contributed by atoms with E-state index in [0.717, 1.165) is 12.8 Å². The molecule has 0 spiro atoms. The van der Waals surface area contributed by atoms with Crippen molar-refractivity contribution in [2.24, 2.45) is 0 Å². The lowest BCUT2D eigenvalue weighted by atomic mass is 10.2. The van der Waals surface area contributed by atoms with Gasteiger partial charge in [0.15, 0.2) is 5.11 Å². The molecule has 5 nitrogen and oxygen atoms in total. The third-order valence-corrected chi connectivity index (χ3v) is 4.44. The van der Waals surface area contributed by atoms with Crippen LogP contribution in [0.3, 0.4) is 0 Å². The van der Waals surface area contributed by atoms with Gasteiger partial charge < -0.3 is 10.6 Å². The molecule has 0 atom stereocenters. The van der Waals surface area contributed by atoms with Crippen LogP contribution in [-0.2, 0) is 0 Å². The number of thiocarbonyl (C=S) groups is 1. The molecule has 0 fully saturated rings. The van der Waals surface area contributed by atoms with Gasteiger partial charge in [-0.05, 0) is 64.9 Å². The van der Waals surface area contributed by atoms with Gasteiger partial charge in [0.05, 0.1) is 5.56 Å². The molecule has 0 aliphatic heterocycles. The van der Waals surface area contributed by atoms with Crippen molar-refractivity contribution in [3.05, 3.63) is 64.1 Å². The number of benzene rings is 2. The zero-order valence-corrected chi connectivity index (χ0v) is 16.7. The monoisotopic (exact) mass is 433 g/mol. The molecular formula is C19H20BrN3O2S. The Morgan fingerprint density at radius 1 is 1.08 bits per heavy atom. The number of hydrogen-bond acceptors (Lipinski definition) is 3. The Morgan fingerprint density at radius 2 is 1.85 bits per heavy atom. The van der Waals surface area contributed by atoms with Gasteiger partial charge in [0.25, 0.3) is 11.8 Å². The highest BCUT2D eigenvalue weighted by molar-refractivity contribution is 9.10. The van der Waals surface area contributed by atoms with Gasteiger partial charge in [0.2, 0.25) is 0 Å². The lowest BCUT2D eigenvalue weighted by molar-refractivity contribution is 0.0950. The van der Waals surface area contributed by atoms with Crippen molar-refractivity contribution in [1.82, 2.24) is 10.6 Å². The number of unbranched alkanes of at least 4 members (excludes halogenated alkanes) is 1. The van der Waals surface area contributed by atoms with Gasteiger partial charge >= 0.3 is 0 Å². The number of rotatable bonds is 6. The molecule has 0 bridgehead atoms. The smallest absolute Gasteiger partial charge is 0.258 e.